The molecule has 0 bridgehead atoms. The van der Waals surface area contributed by atoms with E-state index in [9.17, 15) is 9.59 Å². The van der Waals surface area contributed by atoms with E-state index in [0.717, 1.165) is 12.2 Å². The Morgan fingerprint density at radius 3 is 2.39 bits per heavy atom. The normalized spacial score (nSPS) is 10.3. The van der Waals surface area contributed by atoms with Gasteiger partial charge in [0.2, 0.25) is 0 Å². The van der Waals surface area contributed by atoms with E-state index in [1.165, 1.54) is 31.4 Å². The third kappa shape index (κ3) is 6.66. The first-order chi connectivity index (χ1) is 13.4. The monoisotopic (exact) mass is 400 g/mol. The molecule has 2 N–H and O–H groups in total. The molecule has 0 unspecified atom stereocenters. The Labute approximate surface area is 170 Å². The Hall–Kier alpha value is -2.93. The summed E-state index contributed by atoms with van der Waals surface area (Å²) in [5, 5.41) is 5.74. The van der Waals surface area contributed by atoms with Gasteiger partial charge in [-0.15, -0.1) is 0 Å². The number of carbonyl (C=O) groups excluding carboxylic acids is 2. The lowest BCUT2D eigenvalue weighted by Gasteiger charge is -2.12. The molecule has 2 rings (SSSR count). The van der Waals surface area contributed by atoms with E-state index in [4.69, 9.17) is 17.0 Å². The van der Waals surface area contributed by atoms with Crippen LogP contribution in [0.25, 0.3) is 0 Å². The van der Waals surface area contributed by atoms with Crippen molar-refractivity contribution in [2.45, 2.75) is 20.3 Å². The van der Waals surface area contributed by atoms with Gasteiger partial charge in [-0.25, -0.2) is 4.79 Å². The number of thiocarbonyl (C=S) groups is 1. The van der Waals surface area contributed by atoms with Gasteiger partial charge >= 0.3 is 5.97 Å². The Balaban J connectivity index is 1.91. The molecule has 0 heterocycles. The lowest BCUT2D eigenvalue weighted by molar-refractivity contribution is 0.0600. The van der Waals surface area contributed by atoms with Crippen molar-refractivity contribution in [1.29, 1.82) is 0 Å². The van der Waals surface area contributed by atoms with Crippen LogP contribution >= 0.6 is 12.2 Å². The van der Waals surface area contributed by atoms with Gasteiger partial charge in [-0.05, 0) is 61.0 Å². The van der Waals surface area contributed by atoms with Crippen LogP contribution in [-0.2, 0) is 4.74 Å². The molecule has 0 radical (unpaired) electrons. The number of hydrogen-bond acceptors (Lipinski definition) is 5. The van der Waals surface area contributed by atoms with Crippen LogP contribution in [0.15, 0.2) is 48.5 Å². The molecule has 148 valence electrons. The average Bonchev–Trinajstić information content (AvgIpc) is 2.67. The molecule has 7 heteroatoms. The van der Waals surface area contributed by atoms with Gasteiger partial charge in [0.15, 0.2) is 5.11 Å². The molecule has 0 aliphatic carbocycles. The number of methoxy groups -OCH3 is 1. The quantitative estimate of drug-likeness (QED) is 0.540. The lowest BCUT2D eigenvalue weighted by Crippen LogP contribution is -2.34. The van der Waals surface area contributed by atoms with Crippen molar-refractivity contribution in [3.05, 3.63) is 59.7 Å². The van der Waals surface area contributed by atoms with E-state index >= 15 is 0 Å². The van der Waals surface area contributed by atoms with E-state index < -0.39 is 5.97 Å². The minimum atomic E-state index is -0.459. The molecule has 0 saturated carbocycles. The fourth-order valence-electron chi connectivity index (χ4n) is 2.29. The van der Waals surface area contributed by atoms with E-state index in [0.29, 0.717) is 29.3 Å². The van der Waals surface area contributed by atoms with Crippen molar-refractivity contribution < 1.29 is 19.1 Å². The van der Waals surface area contributed by atoms with Crippen molar-refractivity contribution in [3.63, 3.8) is 0 Å². The predicted molar refractivity (Wildman–Crippen MR) is 113 cm³/mol. The van der Waals surface area contributed by atoms with Crippen molar-refractivity contribution in [2.75, 3.05) is 19.0 Å². The van der Waals surface area contributed by atoms with Gasteiger partial charge < -0.3 is 14.8 Å². The summed E-state index contributed by atoms with van der Waals surface area (Å²) in [6.07, 6.45) is 0.973. The number of esters is 1. The number of anilines is 1. The average molecular weight is 401 g/mol. The van der Waals surface area contributed by atoms with Crippen molar-refractivity contribution in [2.24, 2.45) is 5.92 Å². The zero-order valence-electron chi connectivity index (χ0n) is 16.2. The highest BCUT2D eigenvalue weighted by atomic mass is 32.1. The van der Waals surface area contributed by atoms with Crippen LogP contribution < -0.4 is 15.4 Å². The largest absolute Gasteiger partial charge is 0.494 e. The van der Waals surface area contributed by atoms with Crippen molar-refractivity contribution in [1.82, 2.24) is 5.32 Å². The number of hydrogen-bond donors (Lipinski definition) is 2. The first-order valence-corrected chi connectivity index (χ1v) is 9.33. The SMILES string of the molecule is COC(=O)c1ccc(C(=O)NC(=S)Nc2cccc(OCCC(C)C)c2)cc1. The Morgan fingerprint density at radius 1 is 1.07 bits per heavy atom. The third-order valence-corrected chi connectivity index (χ3v) is 4.06. The van der Waals surface area contributed by atoms with Crippen LogP contribution in [-0.4, -0.2) is 30.7 Å². The highest BCUT2D eigenvalue weighted by Crippen LogP contribution is 2.18. The summed E-state index contributed by atoms with van der Waals surface area (Å²) in [5.41, 5.74) is 1.46. The summed E-state index contributed by atoms with van der Waals surface area (Å²) in [5.74, 6) is 0.474. The van der Waals surface area contributed by atoms with Crippen LogP contribution in [0.2, 0.25) is 0 Å². The molecule has 0 spiro atoms. The standard InChI is InChI=1S/C21H24N2O4S/c1-14(2)11-12-27-18-6-4-5-17(13-18)22-21(28)23-19(24)15-7-9-16(10-8-15)20(25)26-3/h4-10,13-14H,11-12H2,1-3H3,(H2,22,23,24,28). The number of amides is 1. The Morgan fingerprint density at radius 2 is 1.75 bits per heavy atom. The van der Waals surface area contributed by atoms with Gasteiger partial charge in [-0.1, -0.05) is 19.9 Å². The Bertz CT molecular complexity index is 835. The van der Waals surface area contributed by atoms with Crippen LogP contribution in [0.1, 0.15) is 41.0 Å². The molecule has 0 aromatic heterocycles. The summed E-state index contributed by atoms with van der Waals surface area (Å²) in [4.78, 5) is 23.7. The molecule has 28 heavy (non-hydrogen) atoms. The van der Waals surface area contributed by atoms with Crippen molar-refractivity contribution >= 4 is 34.9 Å². The van der Waals surface area contributed by atoms with Gasteiger partial charge in [0, 0.05) is 17.3 Å². The maximum Gasteiger partial charge on any atom is 0.337 e. The first kappa shape index (κ1) is 21.4. The Kier molecular flexibility index (Phi) is 7.95. The second kappa shape index (κ2) is 10.4. The third-order valence-electron chi connectivity index (χ3n) is 3.85. The molecule has 2 aromatic rings. The highest BCUT2D eigenvalue weighted by Gasteiger charge is 2.10. The van der Waals surface area contributed by atoms with Crippen LogP contribution in [0.3, 0.4) is 0 Å². The van der Waals surface area contributed by atoms with Crippen LogP contribution in [0, 0.1) is 5.92 Å². The molecule has 0 fully saturated rings. The summed E-state index contributed by atoms with van der Waals surface area (Å²) >= 11 is 5.21. The van der Waals surface area contributed by atoms with E-state index in [2.05, 4.69) is 29.2 Å². The number of nitrogens with one attached hydrogen (secondary N) is 2. The van der Waals surface area contributed by atoms with Crippen LogP contribution in [0.4, 0.5) is 5.69 Å². The van der Waals surface area contributed by atoms with Crippen LogP contribution in [0.5, 0.6) is 5.75 Å². The van der Waals surface area contributed by atoms with Crippen molar-refractivity contribution in [3.8, 4) is 5.75 Å². The van der Waals surface area contributed by atoms with E-state index in [-0.39, 0.29) is 11.0 Å². The maximum absolute atomic E-state index is 12.3. The highest BCUT2D eigenvalue weighted by molar-refractivity contribution is 7.80. The van der Waals surface area contributed by atoms with Gasteiger partial charge in [-0.3, -0.25) is 10.1 Å². The number of ether oxygens (including phenoxy) is 2. The minimum absolute atomic E-state index is 0.168. The van der Waals surface area contributed by atoms with Gasteiger partial charge in [-0.2, -0.15) is 0 Å². The van der Waals surface area contributed by atoms with Gasteiger partial charge in [0.1, 0.15) is 5.75 Å². The fourth-order valence-corrected chi connectivity index (χ4v) is 2.50. The molecule has 2 aromatic carbocycles. The number of benzene rings is 2. The van der Waals surface area contributed by atoms with E-state index in [1.54, 1.807) is 0 Å². The first-order valence-electron chi connectivity index (χ1n) is 8.92. The fraction of sp³-hybridized carbons (Fsp3) is 0.286. The maximum atomic E-state index is 12.3. The molecule has 6 nitrogen and oxygen atoms in total. The molecule has 1 amide bonds. The molecular formula is C21H24N2O4S. The summed E-state index contributed by atoms with van der Waals surface area (Å²) in [7, 11) is 1.30. The molecule has 0 atom stereocenters. The van der Waals surface area contributed by atoms with Gasteiger partial charge in [0.05, 0.1) is 19.3 Å². The topological polar surface area (TPSA) is 76.7 Å². The molecule has 0 aliphatic heterocycles. The zero-order chi connectivity index (χ0) is 20.5. The zero-order valence-corrected chi connectivity index (χ0v) is 17.0. The predicted octanol–water partition coefficient (Wildman–Crippen LogP) is 4.02. The van der Waals surface area contributed by atoms with Gasteiger partial charge in [0.25, 0.3) is 5.91 Å². The summed E-state index contributed by atoms with van der Waals surface area (Å²) in [6, 6.07) is 13.5. The lowest BCUT2D eigenvalue weighted by atomic mass is 10.1. The molecule has 0 saturated heterocycles. The summed E-state index contributed by atoms with van der Waals surface area (Å²) < 4.78 is 10.4. The van der Waals surface area contributed by atoms with E-state index in [1.807, 2.05) is 24.3 Å². The molecule has 0 aliphatic rings. The number of carbonyl (C=O) groups is 2. The minimum Gasteiger partial charge on any atom is -0.494 e. The second-order valence-electron chi connectivity index (χ2n) is 6.54. The summed E-state index contributed by atoms with van der Waals surface area (Å²) in [6.45, 7) is 4.93. The molecular weight excluding hydrogens is 376 g/mol. The number of rotatable bonds is 7. The smallest absolute Gasteiger partial charge is 0.337 e. The second-order valence-corrected chi connectivity index (χ2v) is 6.94.